The molecule has 8 heteroatoms. The lowest BCUT2D eigenvalue weighted by Gasteiger charge is -2.11. The molecular weight excluding hydrogens is 505 g/mol. The molecule has 164 valence electrons. The van der Waals surface area contributed by atoms with Crippen LogP contribution in [0.3, 0.4) is 0 Å². The van der Waals surface area contributed by atoms with Crippen LogP contribution in [0.2, 0.25) is 0 Å². The van der Waals surface area contributed by atoms with Crippen molar-refractivity contribution in [3.05, 3.63) is 84.3 Å². The van der Waals surface area contributed by atoms with Gasteiger partial charge in [0.15, 0.2) is 5.96 Å². The Morgan fingerprint density at radius 2 is 1.71 bits per heavy atom. The van der Waals surface area contributed by atoms with Crippen molar-refractivity contribution in [3.63, 3.8) is 0 Å². The van der Waals surface area contributed by atoms with E-state index < -0.39 is 0 Å². The van der Waals surface area contributed by atoms with Gasteiger partial charge in [-0.15, -0.1) is 24.0 Å². The lowest BCUT2D eigenvalue weighted by atomic mass is 10.3. The third-order valence-corrected chi connectivity index (χ3v) is 4.07. The van der Waals surface area contributed by atoms with Gasteiger partial charge in [-0.25, -0.2) is 9.98 Å². The van der Waals surface area contributed by atoms with E-state index in [1.54, 1.807) is 12.4 Å². The number of ether oxygens (including phenoxy) is 2. The molecule has 2 heterocycles. The molecule has 0 radical (unpaired) electrons. The van der Waals surface area contributed by atoms with E-state index in [2.05, 4.69) is 25.6 Å². The first kappa shape index (κ1) is 24.4. The topological polar surface area (TPSA) is 80.7 Å². The fourth-order valence-electron chi connectivity index (χ4n) is 2.60. The maximum Gasteiger partial charge on any atom is 0.213 e. The van der Waals surface area contributed by atoms with Crippen molar-refractivity contribution in [2.75, 3.05) is 19.8 Å². The van der Waals surface area contributed by atoms with Crippen LogP contribution in [0.5, 0.6) is 11.6 Å². The lowest BCUT2D eigenvalue weighted by molar-refractivity contribution is 0.212. The summed E-state index contributed by atoms with van der Waals surface area (Å²) in [6.07, 6.45) is 3.56. The summed E-state index contributed by atoms with van der Waals surface area (Å²) < 4.78 is 11.2. The predicted octanol–water partition coefficient (Wildman–Crippen LogP) is 3.81. The molecule has 0 saturated heterocycles. The summed E-state index contributed by atoms with van der Waals surface area (Å²) in [6.45, 7) is 4.84. The van der Waals surface area contributed by atoms with Gasteiger partial charge in [0.1, 0.15) is 19.0 Å². The number of rotatable bonds is 10. The molecule has 2 N–H and O–H groups in total. The Morgan fingerprint density at radius 1 is 0.903 bits per heavy atom. The maximum atomic E-state index is 5.63. The van der Waals surface area contributed by atoms with E-state index >= 15 is 0 Å². The van der Waals surface area contributed by atoms with Crippen molar-refractivity contribution in [2.45, 2.75) is 20.0 Å². The number of guanidine groups is 1. The van der Waals surface area contributed by atoms with Crippen LogP contribution < -0.4 is 20.1 Å². The van der Waals surface area contributed by atoms with Crippen LogP contribution in [0.1, 0.15) is 18.2 Å². The number of para-hydroxylation sites is 1. The minimum Gasteiger partial charge on any atom is -0.490 e. The largest absolute Gasteiger partial charge is 0.490 e. The molecule has 0 aliphatic carbocycles. The van der Waals surface area contributed by atoms with Gasteiger partial charge < -0.3 is 20.1 Å². The number of nitrogens with one attached hydrogen (secondary N) is 2. The summed E-state index contributed by atoms with van der Waals surface area (Å²) in [4.78, 5) is 13.3. The molecule has 0 bridgehead atoms. The summed E-state index contributed by atoms with van der Waals surface area (Å²) in [5, 5.41) is 6.52. The van der Waals surface area contributed by atoms with Crippen molar-refractivity contribution < 1.29 is 9.47 Å². The number of pyridine rings is 2. The fourth-order valence-corrected chi connectivity index (χ4v) is 2.60. The summed E-state index contributed by atoms with van der Waals surface area (Å²) in [5.41, 5.74) is 1.96. The van der Waals surface area contributed by atoms with Gasteiger partial charge in [-0.1, -0.05) is 30.3 Å². The van der Waals surface area contributed by atoms with Gasteiger partial charge >= 0.3 is 0 Å². The average Bonchev–Trinajstić information content (AvgIpc) is 2.81. The third kappa shape index (κ3) is 9.20. The second-order valence-corrected chi connectivity index (χ2v) is 6.38. The summed E-state index contributed by atoms with van der Waals surface area (Å²) in [7, 11) is 0. The van der Waals surface area contributed by atoms with Gasteiger partial charge in [-0.05, 0) is 36.8 Å². The van der Waals surface area contributed by atoms with Crippen LogP contribution in [0.4, 0.5) is 0 Å². The molecule has 3 aromatic rings. The first-order valence-corrected chi connectivity index (χ1v) is 10.0. The molecule has 0 unspecified atom stereocenters. The Morgan fingerprint density at radius 3 is 2.42 bits per heavy atom. The van der Waals surface area contributed by atoms with Crippen LogP contribution in [0, 0.1) is 0 Å². The standard InChI is InChI=1S/C23H27N5O2.HI/c1-2-24-23(28-18-20-8-6-7-13-25-20)27-17-19-11-12-22(26-16-19)30-15-14-29-21-9-4-3-5-10-21;/h3-13,16H,2,14-15,17-18H2,1H3,(H2,24,27,28);1H. The quantitative estimate of drug-likeness (QED) is 0.179. The van der Waals surface area contributed by atoms with E-state index in [0.29, 0.717) is 32.2 Å². The number of aromatic nitrogens is 2. The Balaban J connectivity index is 0.00000341. The van der Waals surface area contributed by atoms with E-state index in [1.165, 1.54) is 0 Å². The van der Waals surface area contributed by atoms with Gasteiger partial charge in [-0.2, -0.15) is 0 Å². The Bertz CT molecular complexity index is 893. The first-order chi connectivity index (χ1) is 14.8. The molecular formula is C23H28IN5O2. The number of benzene rings is 1. The predicted molar refractivity (Wildman–Crippen MR) is 133 cm³/mol. The Labute approximate surface area is 200 Å². The highest BCUT2D eigenvalue weighted by Gasteiger charge is 2.01. The Kier molecular flexibility index (Phi) is 11.2. The van der Waals surface area contributed by atoms with E-state index in [0.717, 1.165) is 29.5 Å². The van der Waals surface area contributed by atoms with E-state index in [-0.39, 0.29) is 24.0 Å². The zero-order valence-electron chi connectivity index (χ0n) is 17.5. The zero-order chi connectivity index (χ0) is 20.9. The van der Waals surface area contributed by atoms with Crippen molar-refractivity contribution in [2.24, 2.45) is 4.99 Å². The smallest absolute Gasteiger partial charge is 0.213 e. The molecule has 0 fully saturated rings. The van der Waals surface area contributed by atoms with Gasteiger partial charge in [0.2, 0.25) is 5.88 Å². The van der Waals surface area contributed by atoms with Gasteiger partial charge in [0, 0.05) is 25.0 Å². The molecule has 1 aromatic carbocycles. The van der Waals surface area contributed by atoms with Gasteiger partial charge in [0.25, 0.3) is 0 Å². The molecule has 0 amide bonds. The maximum absolute atomic E-state index is 5.63. The van der Waals surface area contributed by atoms with Crippen LogP contribution in [-0.4, -0.2) is 35.7 Å². The summed E-state index contributed by atoms with van der Waals surface area (Å²) in [6, 6.07) is 19.3. The van der Waals surface area contributed by atoms with Gasteiger partial charge in [0.05, 0.1) is 18.8 Å². The minimum atomic E-state index is 0. The molecule has 0 aliphatic rings. The van der Waals surface area contributed by atoms with E-state index in [9.17, 15) is 0 Å². The molecule has 0 saturated carbocycles. The summed E-state index contributed by atoms with van der Waals surface area (Å²) in [5.74, 6) is 2.14. The van der Waals surface area contributed by atoms with E-state index in [1.807, 2.05) is 67.6 Å². The molecule has 31 heavy (non-hydrogen) atoms. The molecule has 0 spiro atoms. The fraction of sp³-hybridized carbons (Fsp3) is 0.261. The van der Waals surface area contributed by atoms with Crippen LogP contribution in [0.15, 0.2) is 78.0 Å². The minimum absolute atomic E-state index is 0. The highest BCUT2D eigenvalue weighted by molar-refractivity contribution is 14.0. The van der Waals surface area contributed by atoms with Crippen molar-refractivity contribution >= 4 is 29.9 Å². The SMILES string of the molecule is CCNC(=NCc1ccc(OCCOc2ccccc2)nc1)NCc1ccccn1.I. The third-order valence-electron chi connectivity index (χ3n) is 4.07. The Hall–Kier alpha value is -2.88. The molecule has 0 atom stereocenters. The highest BCUT2D eigenvalue weighted by Crippen LogP contribution is 2.10. The van der Waals surface area contributed by atoms with Gasteiger partial charge in [-0.3, -0.25) is 4.98 Å². The number of halogens is 1. The van der Waals surface area contributed by atoms with Crippen molar-refractivity contribution in [1.29, 1.82) is 0 Å². The number of nitrogens with zero attached hydrogens (tertiary/aromatic N) is 3. The second kappa shape index (κ2) is 14.2. The average molecular weight is 533 g/mol. The van der Waals surface area contributed by atoms with Crippen LogP contribution in [-0.2, 0) is 13.1 Å². The molecule has 2 aromatic heterocycles. The first-order valence-electron chi connectivity index (χ1n) is 10.0. The lowest BCUT2D eigenvalue weighted by Crippen LogP contribution is -2.37. The normalized spacial score (nSPS) is 10.7. The van der Waals surface area contributed by atoms with Crippen LogP contribution in [0.25, 0.3) is 0 Å². The van der Waals surface area contributed by atoms with E-state index in [4.69, 9.17) is 9.47 Å². The summed E-state index contributed by atoms with van der Waals surface area (Å²) >= 11 is 0. The number of hydrogen-bond acceptors (Lipinski definition) is 5. The molecule has 7 nitrogen and oxygen atoms in total. The molecule has 3 rings (SSSR count). The molecule has 0 aliphatic heterocycles. The van der Waals surface area contributed by atoms with Crippen LogP contribution >= 0.6 is 24.0 Å². The monoisotopic (exact) mass is 533 g/mol. The van der Waals surface area contributed by atoms with Crippen molar-refractivity contribution in [3.8, 4) is 11.6 Å². The number of hydrogen-bond donors (Lipinski definition) is 2. The van der Waals surface area contributed by atoms with Crippen molar-refractivity contribution in [1.82, 2.24) is 20.6 Å². The number of aliphatic imine (C=N–C) groups is 1. The highest BCUT2D eigenvalue weighted by atomic mass is 127. The second-order valence-electron chi connectivity index (χ2n) is 6.38. The zero-order valence-corrected chi connectivity index (χ0v) is 19.9.